The van der Waals surface area contributed by atoms with Gasteiger partial charge in [0, 0.05) is 19.2 Å². The molecule has 0 fully saturated rings. The first-order valence-corrected chi connectivity index (χ1v) is 6.69. The summed E-state index contributed by atoms with van der Waals surface area (Å²) in [5.74, 6) is -1.88. The van der Waals surface area contributed by atoms with Gasteiger partial charge in [0.25, 0.3) is 0 Å². The van der Waals surface area contributed by atoms with E-state index >= 15 is 0 Å². The summed E-state index contributed by atoms with van der Waals surface area (Å²) in [7, 11) is 0. The lowest BCUT2D eigenvalue weighted by Crippen LogP contribution is -2.11. The predicted molar refractivity (Wildman–Crippen MR) is 76.9 cm³/mol. The summed E-state index contributed by atoms with van der Waals surface area (Å²) in [6.45, 7) is 2.56. The number of aromatic nitrogens is 1. The van der Waals surface area contributed by atoms with Crippen molar-refractivity contribution in [1.29, 1.82) is 0 Å². The highest BCUT2D eigenvalue weighted by molar-refractivity contribution is 5.47. The van der Waals surface area contributed by atoms with Crippen molar-refractivity contribution in [3.63, 3.8) is 0 Å². The highest BCUT2D eigenvalue weighted by atomic mass is 19.1. The zero-order chi connectivity index (χ0) is 15.2. The molecule has 0 aliphatic heterocycles. The molecule has 0 bridgehead atoms. The standard InChI is InChI=1S/C15H16F3N3/c1-2-19-14-12(17)9-13(18)15(21-14)20-8-7-10-5-3-4-6-11(10)16/h3-6,9H,2,7-8H2,1H3,(H2,19,20,21). The third-order valence-corrected chi connectivity index (χ3v) is 2.92. The van der Waals surface area contributed by atoms with Crippen molar-refractivity contribution in [3.05, 3.63) is 53.3 Å². The topological polar surface area (TPSA) is 37.0 Å². The molecule has 21 heavy (non-hydrogen) atoms. The van der Waals surface area contributed by atoms with E-state index in [4.69, 9.17) is 0 Å². The van der Waals surface area contributed by atoms with Crippen LogP contribution in [0.1, 0.15) is 12.5 Å². The van der Waals surface area contributed by atoms with Crippen molar-refractivity contribution in [2.75, 3.05) is 23.7 Å². The molecule has 0 saturated heterocycles. The van der Waals surface area contributed by atoms with Crippen molar-refractivity contribution < 1.29 is 13.2 Å². The van der Waals surface area contributed by atoms with Crippen LogP contribution in [0.25, 0.3) is 0 Å². The third-order valence-electron chi connectivity index (χ3n) is 2.92. The Morgan fingerprint density at radius 1 is 0.952 bits per heavy atom. The number of benzene rings is 1. The summed E-state index contributed by atoms with van der Waals surface area (Å²) in [6.07, 6.45) is 0.377. The monoisotopic (exact) mass is 295 g/mol. The first-order chi connectivity index (χ1) is 10.1. The lowest BCUT2D eigenvalue weighted by molar-refractivity contribution is 0.578. The Balaban J connectivity index is 2.03. The maximum absolute atomic E-state index is 13.6. The zero-order valence-electron chi connectivity index (χ0n) is 11.6. The van der Waals surface area contributed by atoms with E-state index in [1.807, 2.05) is 0 Å². The van der Waals surface area contributed by atoms with E-state index in [0.29, 0.717) is 25.1 Å². The first kappa shape index (κ1) is 15.2. The number of nitrogens with zero attached hydrogens (tertiary/aromatic N) is 1. The average Bonchev–Trinajstić information content (AvgIpc) is 2.46. The minimum atomic E-state index is -0.775. The van der Waals surface area contributed by atoms with Crippen LogP contribution in [-0.2, 0) is 6.42 Å². The summed E-state index contributed by atoms with van der Waals surface area (Å²) >= 11 is 0. The molecule has 1 aromatic carbocycles. The minimum Gasteiger partial charge on any atom is -0.368 e. The molecule has 6 heteroatoms. The molecule has 0 aliphatic rings. The van der Waals surface area contributed by atoms with Crippen molar-refractivity contribution in [1.82, 2.24) is 4.98 Å². The fraction of sp³-hybridized carbons (Fsp3) is 0.267. The van der Waals surface area contributed by atoms with Gasteiger partial charge in [-0.2, -0.15) is 0 Å². The molecule has 0 radical (unpaired) electrons. The van der Waals surface area contributed by atoms with Crippen molar-refractivity contribution in [2.45, 2.75) is 13.3 Å². The molecule has 2 aromatic rings. The van der Waals surface area contributed by atoms with Gasteiger partial charge < -0.3 is 10.6 Å². The predicted octanol–water partition coefficient (Wildman–Crippen LogP) is 3.59. The smallest absolute Gasteiger partial charge is 0.168 e. The first-order valence-electron chi connectivity index (χ1n) is 6.69. The highest BCUT2D eigenvalue weighted by Gasteiger charge is 2.11. The van der Waals surface area contributed by atoms with Crippen LogP contribution in [0.5, 0.6) is 0 Å². The molecule has 1 aromatic heterocycles. The van der Waals surface area contributed by atoms with Gasteiger partial charge in [-0.05, 0) is 25.0 Å². The molecule has 0 amide bonds. The molecule has 0 saturated carbocycles. The van der Waals surface area contributed by atoms with Gasteiger partial charge >= 0.3 is 0 Å². The van der Waals surface area contributed by atoms with E-state index in [1.54, 1.807) is 25.1 Å². The molecule has 0 unspecified atom stereocenters. The molecule has 112 valence electrons. The summed E-state index contributed by atoms with van der Waals surface area (Å²) in [5.41, 5.74) is 0.527. The van der Waals surface area contributed by atoms with Crippen molar-refractivity contribution >= 4 is 11.6 Å². The zero-order valence-corrected chi connectivity index (χ0v) is 11.6. The minimum absolute atomic E-state index is 0.00714. The lowest BCUT2D eigenvalue weighted by atomic mass is 10.1. The van der Waals surface area contributed by atoms with Gasteiger partial charge in [0.15, 0.2) is 23.3 Å². The van der Waals surface area contributed by atoms with Crippen LogP contribution in [0.2, 0.25) is 0 Å². The van der Waals surface area contributed by atoms with Gasteiger partial charge in [0.1, 0.15) is 5.82 Å². The summed E-state index contributed by atoms with van der Waals surface area (Å²) in [6, 6.07) is 7.15. The molecule has 1 heterocycles. The molecule has 3 nitrogen and oxygen atoms in total. The van der Waals surface area contributed by atoms with Crippen LogP contribution in [0.4, 0.5) is 24.8 Å². The molecule has 0 atom stereocenters. The third kappa shape index (κ3) is 3.87. The van der Waals surface area contributed by atoms with E-state index in [2.05, 4.69) is 15.6 Å². The summed E-state index contributed by atoms with van der Waals surface area (Å²) < 4.78 is 40.5. The van der Waals surface area contributed by atoms with Crippen LogP contribution in [0.3, 0.4) is 0 Å². The second kappa shape index (κ2) is 6.97. The SMILES string of the molecule is CCNc1nc(NCCc2ccccc2F)c(F)cc1F. The molecule has 0 spiro atoms. The Bertz CT molecular complexity index is 617. The molecular weight excluding hydrogens is 279 g/mol. The largest absolute Gasteiger partial charge is 0.368 e. The van der Waals surface area contributed by atoms with Gasteiger partial charge in [-0.15, -0.1) is 0 Å². The van der Waals surface area contributed by atoms with Crippen LogP contribution in [0.15, 0.2) is 30.3 Å². The van der Waals surface area contributed by atoms with Gasteiger partial charge in [-0.3, -0.25) is 0 Å². The average molecular weight is 295 g/mol. The molecule has 2 rings (SSSR count). The molecular formula is C15H16F3N3. The molecule has 2 N–H and O–H groups in total. The fourth-order valence-corrected chi connectivity index (χ4v) is 1.90. The Kier molecular flexibility index (Phi) is 5.03. The van der Waals surface area contributed by atoms with Crippen LogP contribution in [0, 0.1) is 17.5 Å². The Morgan fingerprint density at radius 3 is 2.29 bits per heavy atom. The summed E-state index contributed by atoms with van der Waals surface area (Å²) in [5, 5.41) is 5.46. The maximum atomic E-state index is 13.6. The maximum Gasteiger partial charge on any atom is 0.168 e. The number of anilines is 2. The van der Waals surface area contributed by atoms with Crippen LogP contribution < -0.4 is 10.6 Å². The van der Waals surface area contributed by atoms with Crippen molar-refractivity contribution in [3.8, 4) is 0 Å². The number of pyridine rings is 1. The normalized spacial score (nSPS) is 10.5. The lowest BCUT2D eigenvalue weighted by Gasteiger charge is -2.10. The number of halogens is 3. The van der Waals surface area contributed by atoms with Crippen molar-refractivity contribution in [2.24, 2.45) is 0 Å². The highest BCUT2D eigenvalue weighted by Crippen LogP contribution is 2.19. The Morgan fingerprint density at radius 2 is 1.62 bits per heavy atom. The number of rotatable bonds is 6. The second-order valence-electron chi connectivity index (χ2n) is 4.45. The molecule has 0 aliphatic carbocycles. The van der Waals surface area contributed by atoms with Gasteiger partial charge in [-0.25, -0.2) is 18.2 Å². The second-order valence-corrected chi connectivity index (χ2v) is 4.45. The number of nitrogens with one attached hydrogen (secondary N) is 2. The van der Waals surface area contributed by atoms with E-state index in [9.17, 15) is 13.2 Å². The van der Waals surface area contributed by atoms with E-state index < -0.39 is 11.6 Å². The summed E-state index contributed by atoms with van der Waals surface area (Å²) in [4.78, 5) is 3.85. The van der Waals surface area contributed by atoms with E-state index in [-0.39, 0.29) is 17.5 Å². The van der Waals surface area contributed by atoms with E-state index in [1.165, 1.54) is 6.07 Å². The Hall–Kier alpha value is -2.24. The quantitative estimate of drug-likeness (QED) is 0.855. The van der Waals surface area contributed by atoms with Crippen LogP contribution >= 0.6 is 0 Å². The number of hydrogen-bond acceptors (Lipinski definition) is 3. The Labute approximate surface area is 121 Å². The fourth-order valence-electron chi connectivity index (χ4n) is 1.90. The van der Waals surface area contributed by atoms with Crippen LogP contribution in [-0.4, -0.2) is 18.1 Å². The van der Waals surface area contributed by atoms with Gasteiger partial charge in [0.2, 0.25) is 0 Å². The van der Waals surface area contributed by atoms with Gasteiger partial charge in [0.05, 0.1) is 0 Å². The van der Waals surface area contributed by atoms with E-state index in [0.717, 1.165) is 6.07 Å². The van der Waals surface area contributed by atoms with Gasteiger partial charge in [-0.1, -0.05) is 18.2 Å². The number of hydrogen-bond donors (Lipinski definition) is 2.